The third kappa shape index (κ3) is 3.95. The smallest absolute Gasteiger partial charge is 0.161 e. The minimum Gasteiger partial charge on any atom is -0.493 e. The number of hydrogen-bond acceptors (Lipinski definition) is 3. The minimum absolute atomic E-state index is 0.411. The van der Waals surface area contributed by atoms with Crippen LogP contribution in [0.5, 0.6) is 11.5 Å². The zero-order chi connectivity index (χ0) is 12.8. The number of aliphatic hydroxyl groups excluding tert-OH is 1. The van der Waals surface area contributed by atoms with Crippen molar-refractivity contribution in [2.75, 3.05) is 13.7 Å². The normalized spacial score (nSPS) is 13.4. The summed E-state index contributed by atoms with van der Waals surface area (Å²) in [5, 5.41) is 9.47. The van der Waals surface area contributed by atoms with Gasteiger partial charge in [-0.1, -0.05) is 17.7 Å². The molecule has 17 heavy (non-hydrogen) atoms. The highest BCUT2D eigenvalue weighted by Crippen LogP contribution is 2.30. The molecule has 1 N–H and O–H groups in total. The molecule has 0 unspecified atom stereocenters. The lowest BCUT2D eigenvalue weighted by molar-refractivity contribution is 0.198. The zero-order valence-corrected chi connectivity index (χ0v) is 11.0. The fraction of sp³-hybridized carbons (Fsp3) is 0.385. The molecule has 1 rings (SSSR count). The maximum atomic E-state index is 9.47. The Bertz CT molecular complexity index is 400. The molecule has 1 atom stereocenters. The predicted molar refractivity (Wildman–Crippen MR) is 68.7 cm³/mol. The summed E-state index contributed by atoms with van der Waals surface area (Å²) in [6.07, 6.45) is -0.526. The summed E-state index contributed by atoms with van der Waals surface area (Å²) >= 11 is 5.55. The first kappa shape index (κ1) is 13.9. The molecule has 0 saturated carbocycles. The van der Waals surface area contributed by atoms with E-state index in [1.807, 2.05) is 13.0 Å². The van der Waals surface area contributed by atoms with E-state index >= 15 is 0 Å². The van der Waals surface area contributed by atoms with Gasteiger partial charge in [0.05, 0.1) is 13.2 Å². The van der Waals surface area contributed by atoms with Crippen molar-refractivity contribution in [3.63, 3.8) is 0 Å². The van der Waals surface area contributed by atoms with Crippen molar-refractivity contribution in [3.05, 3.63) is 34.9 Å². The van der Waals surface area contributed by atoms with Crippen LogP contribution in [0.2, 0.25) is 0 Å². The van der Waals surface area contributed by atoms with Gasteiger partial charge in [-0.05, 0) is 37.1 Å². The largest absolute Gasteiger partial charge is 0.493 e. The van der Waals surface area contributed by atoms with Crippen molar-refractivity contribution in [1.29, 1.82) is 0 Å². The van der Waals surface area contributed by atoms with Gasteiger partial charge in [-0.3, -0.25) is 0 Å². The molecule has 0 heterocycles. The Morgan fingerprint density at radius 1 is 1.47 bits per heavy atom. The first-order valence-corrected chi connectivity index (χ1v) is 5.76. The molecule has 0 fully saturated rings. The van der Waals surface area contributed by atoms with Crippen LogP contribution in [0.4, 0.5) is 0 Å². The van der Waals surface area contributed by atoms with Crippen LogP contribution in [0.3, 0.4) is 0 Å². The van der Waals surface area contributed by atoms with Gasteiger partial charge >= 0.3 is 0 Å². The number of benzene rings is 1. The molecular formula is C13H17ClO3. The van der Waals surface area contributed by atoms with Crippen LogP contribution >= 0.6 is 11.6 Å². The molecule has 0 bridgehead atoms. The van der Waals surface area contributed by atoms with E-state index in [9.17, 15) is 5.11 Å². The Labute approximate surface area is 107 Å². The number of ether oxygens (including phenoxy) is 2. The van der Waals surface area contributed by atoms with Crippen molar-refractivity contribution in [3.8, 4) is 11.5 Å². The van der Waals surface area contributed by atoms with E-state index in [1.165, 1.54) is 5.54 Å². The molecule has 0 aliphatic heterocycles. The van der Waals surface area contributed by atoms with Gasteiger partial charge in [0.2, 0.25) is 0 Å². The summed E-state index contributed by atoms with van der Waals surface area (Å²) in [4.78, 5) is 0. The Kier molecular flexibility index (Phi) is 5.32. The number of aliphatic hydroxyl groups is 1. The Balaban J connectivity index is 2.85. The third-order valence-corrected chi connectivity index (χ3v) is 2.68. The van der Waals surface area contributed by atoms with E-state index in [-0.39, 0.29) is 0 Å². The summed E-state index contributed by atoms with van der Waals surface area (Å²) in [7, 11) is 1.57. The van der Waals surface area contributed by atoms with Crippen LogP contribution in [0.15, 0.2) is 29.3 Å². The van der Waals surface area contributed by atoms with Crippen molar-refractivity contribution in [1.82, 2.24) is 0 Å². The standard InChI is InChI=1S/C13H17ClO3/c1-9(7-14)8-17-12-5-4-11(10(2)15)6-13(12)16-3/h4-7,10,15H,8H2,1-3H3/b9-7+/t10-/m0/s1. The van der Waals surface area contributed by atoms with Crippen molar-refractivity contribution in [2.24, 2.45) is 0 Å². The molecule has 0 aliphatic carbocycles. The fourth-order valence-electron chi connectivity index (χ4n) is 1.29. The molecule has 0 saturated heterocycles. The highest BCUT2D eigenvalue weighted by atomic mass is 35.5. The van der Waals surface area contributed by atoms with E-state index in [0.29, 0.717) is 18.1 Å². The second kappa shape index (κ2) is 6.52. The van der Waals surface area contributed by atoms with E-state index in [0.717, 1.165) is 11.1 Å². The van der Waals surface area contributed by atoms with Gasteiger partial charge in [-0.2, -0.15) is 0 Å². The molecule has 1 aromatic carbocycles. The molecule has 0 aliphatic rings. The summed E-state index contributed by atoms with van der Waals surface area (Å²) in [5.74, 6) is 1.24. The van der Waals surface area contributed by atoms with Crippen LogP contribution < -0.4 is 9.47 Å². The van der Waals surface area contributed by atoms with E-state index in [1.54, 1.807) is 26.2 Å². The number of hydrogen-bond donors (Lipinski definition) is 1. The first-order valence-electron chi connectivity index (χ1n) is 5.33. The van der Waals surface area contributed by atoms with Crippen molar-refractivity contribution in [2.45, 2.75) is 20.0 Å². The average Bonchev–Trinajstić information content (AvgIpc) is 2.35. The quantitative estimate of drug-likeness (QED) is 0.879. The molecule has 0 amide bonds. The summed E-state index contributed by atoms with van der Waals surface area (Å²) in [5.41, 5.74) is 3.20. The minimum atomic E-state index is -0.526. The van der Waals surface area contributed by atoms with Gasteiger partial charge in [-0.15, -0.1) is 0 Å². The Hall–Kier alpha value is -1.19. The predicted octanol–water partition coefficient (Wildman–Crippen LogP) is 3.27. The van der Waals surface area contributed by atoms with Crippen LogP contribution in [0, 0.1) is 0 Å². The lowest BCUT2D eigenvalue weighted by atomic mass is 10.1. The second-order valence-electron chi connectivity index (χ2n) is 3.83. The van der Waals surface area contributed by atoms with Gasteiger partial charge in [-0.25, -0.2) is 0 Å². The van der Waals surface area contributed by atoms with Gasteiger partial charge < -0.3 is 14.6 Å². The molecule has 0 radical (unpaired) electrons. The monoisotopic (exact) mass is 256 g/mol. The average molecular weight is 257 g/mol. The number of rotatable bonds is 5. The summed E-state index contributed by atoms with van der Waals surface area (Å²) in [6.45, 7) is 3.99. The van der Waals surface area contributed by atoms with Crippen LogP contribution in [0.25, 0.3) is 0 Å². The maximum absolute atomic E-state index is 9.47. The summed E-state index contributed by atoms with van der Waals surface area (Å²) < 4.78 is 10.8. The molecule has 4 heteroatoms. The lowest BCUT2D eigenvalue weighted by Crippen LogP contribution is -2.01. The van der Waals surface area contributed by atoms with E-state index < -0.39 is 6.10 Å². The third-order valence-electron chi connectivity index (χ3n) is 2.31. The first-order chi connectivity index (χ1) is 8.08. The van der Waals surface area contributed by atoms with Crippen LogP contribution in [0.1, 0.15) is 25.5 Å². The van der Waals surface area contributed by atoms with Crippen molar-refractivity contribution >= 4 is 11.6 Å². The molecule has 94 valence electrons. The van der Waals surface area contributed by atoms with Gasteiger partial charge in [0.25, 0.3) is 0 Å². The van der Waals surface area contributed by atoms with Crippen molar-refractivity contribution < 1.29 is 14.6 Å². The Morgan fingerprint density at radius 3 is 2.71 bits per heavy atom. The van der Waals surface area contributed by atoms with Gasteiger partial charge in [0.1, 0.15) is 6.61 Å². The summed E-state index contributed by atoms with van der Waals surface area (Å²) in [6, 6.07) is 5.35. The fourth-order valence-corrected chi connectivity index (χ4v) is 1.35. The Morgan fingerprint density at radius 2 is 2.18 bits per heavy atom. The zero-order valence-electron chi connectivity index (χ0n) is 10.2. The second-order valence-corrected chi connectivity index (χ2v) is 4.05. The highest BCUT2D eigenvalue weighted by Gasteiger charge is 2.08. The SMILES string of the molecule is COc1cc([C@H](C)O)ccc1OC/C(C)=C/Cl. The number of halogens is 1. The molecular weight excluding hydrogens is 240 g/mol. The number of methoxy groups -OCH3 is 1. The van der Waals surface area contributed by atoms with Crippen LogP contribution in [-0.2, 0) is 0 Å². The highest BCUT2D eigenvalue weighted by molar-refractivity contribution is 6.25. The van der Waals surface area contributed by atoms with Gasteiger partial charge in [0.15, 0.2) is 11.5 Å². The lowest BCUT2D eigenvalue weighted by Gasteiger charge is -2.13. The molecule has 1 aromatic rings. The molecule has 3 nitrogen and oxygen atoms in total. The molecule has 0 spiro atoms. The van der Waals surface area contributed by atoms with Crippen LogP contribution in [-0.4, -0.2) is 18.8 Å². The van der Waals surface area contributed by atoms with E-state index in [2.05, 4.69) is 0 Å². The van der Waals surface area contributed by atoms with Gasteiger partial charge in [0, 0.05) is 5.54 Å². The topological polar surface area (TPSA) is 38.7 Å². The maximum Gasteiger partial charge on any atom is 0.161 e. The van der Waals surface area contributed by atoms with E-state index in [4.69, 9.17) is 21.1 Å². The molecule has 0 aromatic heterocycles.